The van der Waals surface area contributed by atoms with E-state index in [-0.39, 0.29) is 18.4 Å². The van der Waals surface area contributed by atoms with Crippen LogP contribution in [0, 0.1) is 19.8 Å². The first-order valence-electron chi connectivity index (χ1n) is 8.51. The van der Waals surface area contributed by atoms with Gasteiger partial charge < -0.3 is 20.1 Å². The normalized spacial score (nSPS) is 21.4. The molecule has 1 saturated heterocycles. The number of carbonyl (C=O) groups excluding carboxylic acids is 1. The molecular formula is C18H25N3O3. The lowest BCUT2D eigenvalue weighted by atomic mass is 9.94. The van der Waals surface area contributed by atoms with Crippen molar-refractivity contribution >= 4 is 16.9 Å². The van der Waals surface area contributed by atoms with Crippen LogP contribution >= 0.6 is 0 Å². The second-order valence-electron chi connectivity index (χ2n) is 6.73. The molecule has 2 aromatic rings. The molecule has 1 aromatic heterocycles. The van der Waals surface area contributed by atoms with Gasteiger partial charge in [0.1, 0.15) is 5.82 Å². The van der Waals surface area contributed by atoms with Crippen LogP contribution in [0.2, 0.25) is 0 Å². The Labute approximate surface area is 141 Å². The number of imidazole rings is 1. The summed E-state index contributed by atoms with van der Waals surface area (Å²) in [5.74, 6) is 0.729. The first-order chi connectivity index (χ1) is 11.5. The number of piperidine rings is 1. The first-order valence-corrected chi connectivity index (χ1v) is 8.51. The Morgan fingerprint density at radius 1 is 1.42 bits per heavy atom. The third-order valence-corrected chi connectivity index (χ3v) is 5.11. The largest absolute Gasteiger partial charge is 0.396 e. The van der Waals surface area contributed by atoms with Gasteiger partial charge >= 0.3 is 0 Å². The van der Waals surface area contributed by atoms with Crippen LogP contribution in [-0.2, 0) is 11.2 Å². The average Bonchev–Trinajstić information content (AvgIpc) is 3.00. The Kier molecular flexibility index (Phi) is 4.87. The van der Waals surface area contributed by atoms with Crippen molar-refractivity contribution in [2.45, 2.75) is 39.2 Å². The molecule has 1 fully saturated rings. The number of H-pyrrole nitrogens is 1. The Morgan fingerprint density at radius 3 is 2.92 bits per heavy atom. The van der Waals surface area contributed by atoms with Crippen molar-refractivity contribution in [3.8, 4) is 0 Å². The summed E-state index contributed by atoms with van der Waals surface area (Å²) >= 11 is 0. The number of aliphatic hydroxyl groups excluding tert-OH is 2. The molecule has 1 aliphatic heterocycles. The van der Waals surface area contributed by atoms with E-state index in [1.165, 1.54) is 5.56 Å². The number of aliphatic hydroxyl groups is 2. The van der Waals surface area contributed by atoms with Crippen molar-refractivity contribution in [2.24, 2.45) is 5.92 Å². The molecule has 2 atom stereocenters. The molecule has 0 bridgehead atoms. The number of rotatable bonds is 4. The molecule has 1 aliphatic rings. The Balaban J connectivity index is 1.61. The monoisotopic (exact) mass is 331 g/mol. The lowest BCUT2D eigenvalue weighted by molar-refractivity contribution is -0.136. The van der Waals surface area contributed by atoms with Gasteiger partial charge in [-0.25, -0.2) is 4.98 Å². The number of nitrogens with zero attached hydrogens (tertiary/aromatic N) is 2. The minimum Gasteiger partial charge on any atom is -0.396 e. The van der Waals surface area contributed by atoms with Gasteiger partial charge in [-0.2, -0.15) is 0 Å². The maximum absolute atomic E-state index is 12.4. The van der Waals surface area contributed by atoms with E-state index in [0.717, 1.165) is 22.4 Å². The van der Waals surface area contributed by atoms with Crippen molar-refractivity contribution in [3.63, 3.8) is 0 Å². The lowest BCUT2D eigenvalue weighted by Crippen LogP contribution is -2.47. The summed E-state index contributed by atoms with van der Waals surface area (Å²) in [7, 11) is 0. The standard InChI is InChI=1S/C18H25N3O3/c1-11-3-4-14-18(12(11)2)20-16(19-14)5-6-17(24)21-8-7-13(10-22)15(23)9-21/h3-4,13,15,22-23H,5-10H2,1-2H3,(H,19,20)/t13-,15-/m1/s1. The van der Waals surface area contributed by atoms with Crippen LogP contribution in [0.25, 0.3) is 11.0 Å². The molecule has 1 aromatic carbocycles. The van der Waals surface area contributed by atoms with Crippen LogP contribution in [-0.4, -0.2) is 56.8 Å². The van der Waals surface area contributed by atoms with Crippen LogP contribution in [0.1, 0.15) is 29.8 Å². The van der Waals surface area contributed by atoms with E-state index < -0.39 is 6.10 Å². The smallest absolute Gasteiger partial charge is 0.223 e. The summed E-state index contributed by atoms with van der Waals surface area (Å²) in [6.07, 6.45) is 0.938. The van der Waals surface area contributed by atoms with Gasteiger partial charge in [-0.3, -0.25) is 4.79 Å². The minimum absolute atomic E-state index is 0.0267. The molecule has 2 heterocycles. The van der Waals surface area contributed by atoms with E-state index in [2.05, 4.69) is 29.9 Å². The molecule has 6 heteroatoms. The summed E-state index contributed by atoms with van der Waals surface area (Å²) in [4.78, 5) is 22.0. The Bertz CT molecular complexity index is 740. The highest BCUT2D eigenvalue weighted by Gasteiger charge is 2.29. The van der Waals surface area contributed by atoms with Gasteiger partial charge in [0.25, 0.3) is 0 Å². The summed E-state index contributed by atoms with van der Waals surface area (Å²) in [5.41, 5.74) is 4.34. The fraction of sp³-hybridized carbons (Fsp3) is 0.556. The maximum atomic E-state index is 12.4. The number of hydrogen-bond donors (Lipinski definition) is 3. The fourth-order valence-electron chi connectivity index (χ4n) is 3.29. The number of aromatic amines is 1. The van der Waals surface area contributed by atoms with Gasteiger partial charge in [0, 0.05) is 38.5 Å². The zero-order valence-electron chi connectivity index (χ0n) is 14.2. The predicted octanol–water partition coefficient (Wildman–Crippen LogP) is 1.31. The van der Waals surface area contributed by atoms with Gasteiger partial charge in [0.05, 0.1) is 17.1 Å². The number of aryl methyl sites for hydroxylation is 3. The molecule has 1 amide bonds. The number of β-amino-alcohol motifs (C(OH)–C–C–N with tert-alkyl or cyclic N) is 1. The molecule has 0 spiro atoms. The van der Waals surface area contributed by atoms with Crippen LogP contribution < -0.4 is 0 Å². The van der Waals surface area contributed by atoms with Gasteiger partial charge in [0.15, 0.2) is 0 Å². The fourth-order valence-corrected chi connectivity index (χ4v) is 3.29. The number of carbonyl (C=O) groups is 1. The van der Waals surface area contributed by atoms with Gasteiger partial charge in [-0.05, 0) is 37.5 Å². The highest BCUT2D eigenvalue weighted by Crippen LogP contribution is 2.21. The molecular weight excluding hydrogens is 306 g/mol. The zero-order valence-corrected chi connectivity index (χ0v) is 14.2. The average molecular weight is 331 g/mol. The second kappa shape index (κ2) is 6.91. The highest BCUT2D eigenvalue weighted by molar-refractivity contribution is 5.80. The summed E-state index contributed by atoms with van der Waals surface area (Å²) < 4.78 is 0. The molecule has 0 saturated carbocycles. The van der Waals surface area contributed by atoms with E-state index in [1.807, 2.05) is 6.07 Å². The number of amides is 1. The molecule has 24 heavy (non-hydrogen) atoms. The topological polar surface area (TPSA) is 89.5 Å². The van der Waals surface area contributed by atoms with Crippen molar-refractivity contribution in [3.05, 3.63) is 29.1 Å². The Hall–Kier alpha value is -1.92. The van der Waals surface area contributed by atoms with Gasteiger partial charge in [0.2, 0.25) is 5.91 Å². The molecule has 3 rings (SSSR count). The number of benzene rings is 1. The first kappa shape index (κ1) is 16.9. The molecule has 0 unspecified atom stereocenters. The van der Waals surface area contributed by atoms with Crippen molar-refractivity contribution in [1.29, 1.82) is 0 Å². The molecule has 0 aliphatic carbocycles. The second-order valence-corrected chi connectivity index (χ2v) is 6.73. The van der Waals surface area contributed by atoms with Crippen LogP contribution in [0.4, 0.5) is 0 Å². The van der Waals surface area contributed by atoms with Crippen LogP contribution in [0.3, 0.4) is 0 Å². The van der Waals surface area contributed by atoms with E-state index in [1.54, 1.807) is 4.90 Å². The molecule has 0 radical (unpaired) electrons. The van der Waals surface area contributed by atoms with E-state index in [9.17, 15) is 15.0 Å². The number of fused-ring (bicyclic) bond motifs is 1. The third-order valence-electron chi connectivity index (χ3n) is 5.11. The number of hydrogen-bond acceptors (Lipinski definition) is 4. The van der Waals surface area contributed by atoms with Crippen molar-refractivity contribution < 1.29 is 15.0 Å². The third kappa shape index (κ3) is 3.30. The van der Waals surface area contributed by atoms with Crippen LogP contribution in [0.5, 0.6) is 0 Å². The summed E-state index contributed by atoms with van der Waals surface area (Å²) in [6, 6.07) is 4.09. The zero-order chi connectivity index (χ0) is 17.3. The minimum atomic E-state index is -0.635. The van der Waals surface area contributed by atoms with E-state index >= 15 is 0 Å². The van der Waals surface area contributed by atoms with Crippen LogP contribution in [0.15, 0.2) is 12.1 Å². The quantitative estimate of drug-likeness (QED) is 0.788. The SMILES string of the molecule is Cc1ccc2[nH]c(CCC(=O)N3CC[C@H](CO)[C@H](O)C3)nc2c1C. The number of likely N-dealkylation sites (tertiary alicyclic amines) is 1. The van der Waals surface area contributed by atoms with Gasteiger partial charge in [-0.1, -0.05) is 6.07 Å². The maximum Gasteiger partial charge on any atom is 0.223 e. The number of nitrogens with one attached hydrogen (secondary N) is 1. The van der Waals surface area contributed by atoms with E-state index in [4.69, 9.17) is 0 Å². The van der Waals surface area contributed by atoms with E-state index in [0.29, 0.717) is 32.4 Å². The predicted molar refractivity (Wildman–Crippen MR) is 91.7 cm³/mol. The summed E-state index contributed by atoms with van der Waals surface area (Å²) in [6.45, 7) is 5.00. The molecule has 6 nitrogen and oxygen atoms in total. The molecule has 130 valence electrons. The van der Waals surface area contributed by atoms with Crippen molar-refractivity contribution in [1.82, 2.24) is 14.9 Å². The lowest BCUT2D eigenvalue weighted by Gasteiger charge is -2.35. The number of aromatic nitrogens is 2. The highest BCUT2D eigenvalue weighted by atomic mass is 16.3. The summed E-state index contributed by atoms with van der Waals surface area (Å²) in [5, 5.41) is 19.1. The van der Waals surface area contributed by atoms with Gasteiger partial charge in [-0.15, -0.1) is 0 Å². The molecule has 3 N–H and O–H groups in total. The van der Waals surface area contributed by atoms with Crippen molar-refractivity contribution in [2.75, 3.05) is 19.7 Å². The Morgan fingerprint density at radius 2 is 2.21 bits per heavy atom.